The van der Waals surface area contributed by atoms with Gasteiger partial charge in [0, 0.05) is 13.8 Å². The maximum atomic E-state index is 11.5. The maximum absolute atomic E-state index is 11.5. The Labute approximate surface area is 162 Å². The lowest BCUT2D eigenvalue weighted by atomic mass is 10.2. The SMILES string of the molecule is COC(=O)COC(Oc1ccc(CO)cc1N)[C@H](OC(C)=O)C(C)OC(C)=O. The summed E-state index contributed by atoms with van der Waals surface area (Å²) in [5.41, 5.74) is 6.65. The molecule has 0 fully saturated rings. The van der Waals surface area contributed by atoms with E-state index >= 15 is 0 Å². The van der Waals surface area contributed by atoms with E-state index in [1.165, 1.54) is 33.1 Å². The molecule has 2 unspecified atom stereocenters. The molecular weight excluding hydrogens is 374 g/mol. The van der Waals surface area contributed by atoms with E-state index < -0.39 is 43.0 Å². The predicted molar refractivity (Wildman–Crippen MR) is 95.9 cm³/mol. The van der Waals surface area contributed by atoms with Gasteiger partial charge in [0.05, 0.1) is 19.4 Å². The van der Waals surface area contributed by atoms with Crippen molar-refractivity contribution in [1.29, 1.82) is 0 Å². The topological polar surface area (TPSA) is 144 Å². The van der Waals surface area contributed by atoms with E-state index in [-0.39, 0.29) is 18.0 Å². The zero-order chi connectivity index (χ0) is 21.3. The Morgan fingerprint density at radius 2 is 1.79 bits per heavy atom. The molecule has 0 radical (unpaired) electrons. The second-order valence-electron chi connectivity index (χ2n) is 5.79. The number of carbonyl (C=O) groups excluding carboxylic acids is 3. The molecule has 0 spiro atoms. The number of ether oxygens (including phenoxy) is 5. The lowest BCUT2D eigenvalue weighted by Gasteiger charge is -2.30. The molecule has 0 aliphatic heterocycles. The molecule has 3 N–H and O–H groups in total. The van der Waals surface area contributed by atoms with Gasteiger partial charge in [-0.25, -0.2) is 4.79 Å². The summed E-state index contributed by atoms with van der Waals surface area (Å²) in [6, 6.07) is 4.54. The van der Waals surface area contributed by atoms with Gasteiger partial charge in [0.15, 0.2) is 6.10 Å². The van der Waals surface area contributed by atoms with Crippen LogP contribution in [-0.4, -0.2) is 55.2 Å². The van der Waals surface area contributed by atoms with Crippen LogP contribution in [0, 0.1) is 0 Å². The van der Waals surface area contributed by atoms with Crippen molar-refractivity contribution >= 4 is 23.6 Å². The van der Waals surface area contributed by atoms with Crippen LogP contribution in [0.4, 0.5) is 5.69 Å². The number of hydrogen-bond acceptors (Lipinski definition) is 10. The minimum absolute atomic E-state index is 0.152. The number of nitrogens with two attached hydrogens (primary N) is 1. The van der Waals surface area contributed by atoms with Crippen molar-refractivity contribution in [3.8, 4) is 5.75 Å². The molecule has 1 aromatic rings. The Morgan fingerprint density at radius 1 is 1.14 bits per heavy atom. The van der Waals surface area contributed by atoms with Gasteiger partial charge in [-0.2, -0.15) is 0 Å². The smallest absolute Gasteiger partial charge is 0.331 e. The van der Waals surface area contributed by atoms with Crippen LogP contribution in [0.1, 0.15) is 26.3 Å². The third kappa shape index (κ3) is 7.41. The fourth-order valence-electron chi connectivity index (χ4n) is 2.23. The third-order valence-corrected chi connectivity index (χ3v) is 3.48. The number of nitrogen functional groups attached to an aromatic ring is 1. The molecule has 0 bridgehead atoms. The van der Waals surface area contributed by atoms with Crippen molar-refractivity contribution in [2.75, 3.05) is 19.5 Å². The van der Waals surface area contributed by atoms with Gasteiger partial charge >= 0.3 is 17.9 Å². The molecule has 0 aliphatic carbocycles. The Kier molecular flexibility index (Phi) is 9.19. The van der Waals surface area contributed by atoms with Gasteiger partial charge < -0.3 is 34.5 Å². The molecule has 3 atom stereocenters. The fourth-order valence-corrected chi connectivity index (χ4v) is 2.23. The summed E-state index contributed by atoms with van der Waals surface area (Å²) < 4.78 is 25.9. The summed E-state index contributed by atoms with van der Waals surface area (Å²) in [4.78, 5) is 34.3. The van der Waals surface area contributed by atoms with Gasteiger partial charge in [-0.15, -0.1) is 0 Å². The Balaban J connectivity index is 3.16. The van der Waals surface area contributed by atoms with E-state index in [1.807, 2.05) is 0 Å². The van der Waals surface area contributed by atoms with Gasteiger partial charge in [-0.3, -0.25) is 9.59 Å². The lowest BCUT2D eigenvalue weighted by molar-refractivity contribution is -0.207. The second-order valence-corrected chi connectivity index (χ2v) is 5.79. The van der Waals surface area contributed by atoms with Crippen LogP contribution >= 0.6 is 0 Å². The average Bonchev–Trinajstić information content (AvgIpc) is 2.63. The van der Waals surface area contributed by atoms with Crippen LogP contribution in [0.25, 0.3) is 0 Å². The van der Waals surface area contributed by atoms with Crippen LogP contribution in [0.3, 0.4) is 0 Å². The van der Waals surface area contributed by atoms with E-state index in [0.29, 0.717) is 5.56 Å². The van der Waals surface area contributed by atoms with E-state index in [1.54, 1.807) is 6.07 Å². The maximum Gasteiger partial charge on any atom is 0.331 e. The molecule has 0 saturated heterocycles. The van der Waals surface area contributed by atoms with E-state index in [4.69, 9.17) is 24.7 Å². The molecule has 1 rings (SSSR count). The number of carbonyl (C=O) groups is 3. The van der Waals surface area contributed by atoms with Crippen LogP contribution < -0.4 is 10.5 Å². The van der Waals surface area contributed by atoms with E-state index in [9.17, 15) is 19.5 Å². The van der Waals surface area contributed by atoms with Gasteiger partial charge in [0.1, 0.15) is 18.5 Å². The molecule has 0 heterocycles. The zero-order valence-electron chi connectivity index (χ0n) is 16.2. The monoisotopic (exact) mass is 399 g/mol. The standard InChI is InChI=1S/C18H25NO9/c1-10(26-11(2)21)17(27-12(3)22)18(25-9-16(23)24-4)28-15-6-5-13(8-20)7-14(15)19/h5-7,10,17-18,20H,8-9,19H2,1-4H3/t10?,17-,18?/m1/s1. The molecule has 0 aromatic heterocycles. The molecule has 10 heteroatoms. The van der Waals surface area contributed by atoms with Crippen molar-refractivity contribution in [2.45, 2.75) is 45.9 Å². The average molecular weight is 399 g/mol. The van der Waals surface area contributed by atoms with E-state index in [0.717, 1.165) is 6.92 Å². The summed E-state index contributed by atoms with van der Waals surface area (Å²) in [6.07, 6.45) is -3.51. The summed E-state index contributed by atoms with van der Waals surface area (Å²) in [6.45, 7) is 3.10. The molecule has 156 valence electrons. The first-order chi connectivity index (χ1) is 13.2. The molecule has 10 nitrogen and oxygen atoms in total. The Hall–Kier alpha value is -2.85. The number of methoxy groups -OCH3 is 1. The van der Waals surface area contributed by atoms with Crippen molar-refractivity contribution in [2.24, 2.45) is 0 Å². The highest BCUT2D eigenvalue weighted by molar-refractivity contribution is 5.70. The normalized spacial score (nSPS) is 13.8. The number of aliphatic hydroxyl groups is 1. The van der Waals surface area contributed by atoms with Crippen LogP contribution in [-0.2, 0) is 39.9 Å². The van der Waals surface area contributed by atoms with Gasteiger partial charge in [0.25, 0.3) is 0 Å². The highest BCUT2D eigenvalue weighted by Gasteiger charge is 2.35. The first kappa shape index (κ1) is 23.2. The molecule has 0 amide bonds. The number of esters is 3. The second kappa shape index (κ2) is 11.1. The Morgan fingerprint density at radius 3 is 2.29 bits per heavy atom. The van der Waals surface area contributed by atoms with Gasteiger partial charge in [-0.05, 0) is 24.6 Å². The number of anilines is 1. The fraction of sp³-hybridized carbons (Fsp3) is 0.500. The molecule has 0 aliphatic rings. The van der Waals surface area contributed by atoms with Crippen molar-refractivity contribution in [3.05, 3.63) is 23.8 Å². The number of hydrogen-bond donors (Lipinski definition) is 2. The summed E-state index contributed by atoms with van der Waals surface area (Å²) in [5, 5.41) is 9.17. The van der Waals surface area contributed by atoms with Crippen molar-refractivity contribution in [3.63, 3.8) is 0 Å². The minimum atomic E-state index is -1.35. The molecule has 28 heavy (non-hydrogen) atoms. The predicted octanol–water partition coefficient (Wildman–Crippen LogP) is 0.539. The highest BCUT2D eigenvalue weighted by atomic mass is 16.7. The molecule has 1 aromatic carbocycles. The van der Waals surface area contributed by atoms with E-state index in [2.05, 4.69) is 4.74 Å². The van der Waals surface area contributed by atoms with Gasteiger partial charge in [0.2, 0.25) is 6.29 Å². The highest BCUT2D eigenvalue weighted by Crippen LogP contribution is 2.26. The number of rotatable bonds is 10. The van der Waals surface area contributed by atoms with Crippen LogP contribution in [0.2, 0.25) is 0 Å². The zero-order valence-corrected chi connectivity index (χ0v) is 16.2. The Bertz CT molecular complexity index is 692. The number of aliphatic hydroxyl groups excluding tert-OH is 1. The quantitative estimate of drug-likeness (QED) is 0.247. The summed E-state index contributed by atoms with van der Waals surface area (Å²) in [7, 11) is 1.18. The summed E-state index contributed by atoms with van der Waals surface area (Å²) >= 11 is 0. The first-order valence-corrected chi connectivity index (χ1v) is 8.36. The minimum Gasteiger partial charge on any atom is -0.467 e. The van der Waals surface area contributed by atoms with Crippen LogP contribution in [0.5, 0.6) is 5.75 Å². The largest absolute Gasteiger partial charge is 0.467 e. The molecular formula is C18H25NO9. The number of benzene rings is 1. The summed E-state index contributed by atoms with van der Waals surface area (Å²) in [5.74, 6) is -1.83. The molecule has 0 saturated carbocycles. The van der Waals surface area contributed by atoms with Crippen molar-refractivity contribution in [1.82, 2.24) is 0 Å². The first-order valence-electron chi connectivity index (χ1n) is 8.36. The van der Waals surface area contributed by atoms with Crippen molar-refractivity contribution < 1.29 is 43.2 Å². The lowest BCUT2D eigenvalue weighted by Crippen LogP contribution is -2.46. The van der Waals surface area contributed by atoms with Crippen LogP contribution in [0.15, 0.2) is 18.2 Å². The van der Waals surface area contributed by atoms with Gasteiger partial charge in [-0.1, -0.05) is 6.07 Å². The third-order valence-electron chi connectivity index (χ3n) is 3.48.